The van der Waals surface area contributed by atoms with Crippen LogP contribution in [0.4, 0.5) is 0 Å². The fourth-order valence-electron chi connectivity index (χ4n) is 2.17. The minimum absolute atomic E-state index is 0.00665. The van der Waals surface area contributed by atoms with E-state index in [1.165, 1.54) is 0 Å². The summed E-state index contributed by atoms with van der Waals surface area (Å²) in [6.45, 7) is 2.00. The number of amides is 1. The lowest BCUT2D eigenvalue weighted by atomic mass is 9.92. The lowest BCUT2D eigenvalue weighted by Crippen LogP contribution is -2.32. The van der Waals surface area contributed by atoms with Gasteiger partial charge in [-0.25, -0.2) is 0 Å². The summed E-state index contributed by atoms with van der Waals surface area (Å²) in [5.41, 5.74) is 1.01. The number of hydrogen-bond donors (Lipinski definition) is 2. The van der Waals surface area contributed by atoms with Crippen LogP contribution in [0, 0.1) is 11.3 Å². The molecule has 4 heteroatoms. The highest BCUT2D eigenvalue weighted by atomic mass is 16.3. The van der Waals surface area contributed by atoms with E-state index >= 15 is 0 Å². The van der Waals surface area contributed by atoms with E-state index < -0.39 is 5.60 Å². The maximum Gasteiger partial charge on any atom is 0.223 e. The number of hydrogen-bond acceptors (Lipinski definition) is 3. The van der Waals surface area contributed by atoms with E-state index in [2.05, 4.69) is 5.32 Å². The first-order chi connectivity index (χ1) is 10.5. The highest BCUT2D eigenvalue weighted by molar-refractivity contribution is 5.77. The number of benzene rings is 2. The van der Waals surface area contributed by atoms with Gasteiger partial charge in [0, 0.05) is 6.54 Å². The predicted molar refractivity (Wildman–Crippen MR) is 83.6 cm³/mol. The van der Waals surface area contributed by atoms with Crippen molar-refractivity contribution in [3.8, 4) is 6.07 Å². The Bertz CT molecular complexity index is 670. The van der Waals surface area contributed by atoms with E-state index in [0.29, 0.717) is 17.7 Å². The van der Waals surface area contributed by atoms with Gasteiger partial charge in [0.15, 0.2) is 0 Å². The molecule has 1 atom stereocenters. The van der Waals surface area contributed by atoms with Crippen molar-refractivity contribution in [2.45, 2.75) is 25.5 Å². The molecule has 0 saturated heterocycles. The molecule has 1 amide bonds. The Kier molecular flexibility index (Phi) is 4.92. The molecule has 2 rings (SSSR count). The minimum Gasteiger partial charge on any atom is -0.385 e. The highest BCUT2D eigenvalue weighted by Crippen LogP contribution is 2.23. The van der Waals surface area contributed by atoms with E-state index in [0.717, 1.165) is 5.56 Å². The van der Waals surface area contributed by atoms with Crippen LogP contribution in [0.3, 0.4) is 0 Å². The predicted octanol–water partition coefficient (Wildman–Crippen LogP) is 2.47. The largest absolute Gasteiger partial charge is 0.385 e. The molecular formula is C18H18N2O2. The number of nitrogens with one attached hydrogen (secondary N) is 1. The summed E-state index contributed by atoms with van der Waals surface area (Å²) in [5, 5.41) is 21.9. The molecule has 1 unspecified atom stereocenters. The molecule has 4 nitrogen and oxygen atoms in total. The molecular weight excluding hydrogens is 276 g/mol. The number of nitriles is 1. The second-order valence-corrected chi connectivity index (χ2v) is 5.40. The molecule has 0 aliphatic carbocycles. The minimum atomic E-state index is -1.20. The van der Waals surface area contributed by atoms with Crippen molar-refractivity contribution in [2.75, 3.05) is 0 Å². The summed E-state index contributed by atoms with van der Waals surface area (Å²) in [4.78, 5) is 12.0. The van der Waals surface area contributed by atoms with Gasteiger partial charge < -0.3 is 10.4 Å². The van der Waals surface area contributed by atoms with Gasteiger partial charge in [0.05, 0.1) is 23.7 Å². The van der Waals surface area contributed by atoms with Crippen molar-refractivity contribution in [3.63, 3.8) is 0 Å². The Morgan fingerprint density at radius 2 is 1.82 bits per heavy atom. The van der Waals surface area contributed by atoms with Gasteiger partial charge in [0.25, 0.3) is 0 Å². The van der Waals surface area contributed by atoms with Crippen LogP contribution in [0.1, 0.15) is 30.0 Å². The molecule has 0 aromatic heterocycles. The number of aliphatic hydroxyl groups is 1. The molecule has 2 N–H and O–H groups in total. The van der Waals surface area contributed by atoms with E-state index in [-0.39, 0.29) is 12.3 Å². The van der Waals surface area contributed by atoms with Crippen molar-refractivity contribution in [1.82, 2.24) is 5.32 Å². The van der Waals surface area contributed by atoms with Gasteiger partial charge >= 0.3 is 0 Å². The lowest BCUT2D eigenvalue weighted by molar-refractivity contribution is -0.126. The average Bonchev–Trinajstić information content (AvgIpc) is 2.54. The molecule has 0 fully saturated rings. The summed E-state index contributed by atoms with van der Waals surface area (Å²) in [7, 11) is 0. The van der Waals surface area contributed by atoms with Crippen LogP contribution in [0.5, 0.6) is 0 Å². The Balaban J connectivity index is 1.91. The maximum absolute atomic E-state index is 12.0. The zero-order valence-corrected chi connectivity index (χ0v) is 12.4. The summed E-state index contributed by atoms with van der Waals surface area (Å²) in [5.74, 6) is -0.224. The number of carbonyl (C=O) groups excluding carboxylic acids is 1. The van der Waals surface area contributed by atoms with Crippen molar-refractivity contribution in [3.05, 3.63) is 71.3 Å². The molecule has 0 saturated carbocycles. The second kappa shape index (κ2) is 6.88. The third-order valence-corrected chi connectivity index (χ3v) is 3.47. The zero-order chi connectivity index (χ0) is 16.0. The van der Waals surface area contributed by atoms with Gasteiger partial charge in [-0.3, -0.25) is 4.79 Å². The Morgan fingerprint density at radius 3 is 2.41 bits per heavy atom. The van der Waals surface area contributed by atoms with Crippen molar-refractivity contribution in [2.24, 2.45) is 0 Å². The second-order valence-electron chi connectivity index (χ2n) is 5.40. The number of nitrogens with zero attached hydrogens (tertiary/aromatic N) is 1. The van der Waals surface area contributed by atoms with Crippen molar-refractivity contribution >= 4 is 5.91 Å². The smallest absolute Gasteiger partial charge is 0.223 e. The summed E-state index contributed by atoms with van der Waals surface area (Å²) in [6, 6.07) is 18.2. The first-order valence-electron chi connectivity index (χ1n) is 7.05. The van der Waals surface area contributed by atoms with Gasteiger partial charge in [0.1, 0.15) is 0 Å². The van der Waals surface area contributed by atoms with E-state index in [4.69, 9.17) is 5.26 Å². The van der Waals surface area contributed by atoms with Gasteiger partial charge in [-0.1, -0.05) is 42.5 Å². The average molecular weight is 294 g/mol. The highest BCUT2D eigenvalue weighted by Gasteiger charge is 2.26. The fraction of sp³-hybridized carbons (Fsp3) is 0.222. The molecule has 0 aliphatic rings. The van der Waals surface area contributed by atoms with Crippen LogP contribution in [-0.2, 0) is 16.9 Å². The standard InChI is InChI=1S/C18H18N2O2/c1-18(22,16-5-3-2-4-6-16)11-17(21)20-13-15-9-7-14(12-19)8-10-15/h2-10,22H,11,13H2,1H3,(H,20,21). The number of carbonyl (C=O) groups is 1. The van der Waals surface area contributed by atoms with E-state index in [1.54, 1.807) is 43.3 Å². The zero-order valence-electron chi connectivity index (χ0n) is 12.4. The van der Waals surface area contributed by atoms with Crippen LogP contribution in [0.15, 0.2) is 54.6 Å². The SMILES string of the molecule is CC(O)(CC(=O)NCc1ccc(C#N)cc1)c1ccccc1. The molecule has 0 radical (unpaired) electrons. The Labute approximate surface area is 130 Å². The first kappa shape index (κ1) is 15.7. The van der Waals surface area contributed by atoms with Crippen LogP contribution in [0.25, 0.3) is 0 Å². The molecule has 0 spiro atoms. The number of rotatable bonds is 5. The lowest BCUT2D eigenvalue weighted by Gasteiger charge is -2.23. The summed E-state index contributed by atoms with van der Waals surface area (Å²) < 4.78 is 0. The molecule has 22 heavy (non-hydrogen) atoms. The molecule has 2 aromatic carbocycles. The van der Waals surface area contributed by atoms with Crippen LogP contribution >= 0.6 is 0 Å². The Morgan fingerprint density at radius 1 is 1.18 bits per heavy atom. The van der Waals surface area contributed by atoms with Gasteiger partial charge in [0.2, 0.25) is 5.91 Å². The van der Waals surface area contributed by atoms with E-state index in [9.17, 15) is 9.90 Å². The van der Waals surface area contributed by atoms with Crippen molar-refractivity contribution in [1.29, 1.82) is 5.26 Å². The molecule has 112 valence electrons. The molecule has 0 bridgehead atoms. The van der Waals surface area contributed by atoms with Crippen molar-refractivity contribution < 1.29 is 9.90 Å². The third-order valence-electron chi connectivity index (χ3n) is 3.47. The summed E-state index contributed by atoms with van der Waals surface area (Å²) >= 11 is 0. The van der Waals surface area contributed by atoms with Gasteiger partial charge in [-0.2, -0.15) is 5.26 Å². The summed E-state index contributed by atoms with van der Waals surface area (Å²) in [6.07, 6.45) is -0.00665. The molecule has 0 heterocycles. The normalized spacial score (nSPS) is 13.0. The fourth-order valence-corrected chi connectivity index (χ4v) is 2.17. The Hall–Kier alpha value is -2.64. The van der Waals surface area contributed by atoms with Gasteiger partial charge in [-0.15, -0.1) is 0 Å². The monoisotopic (exact) mass is 294 g/mol. The molecule has 2 aromatic rings. The quantitative estimate of drug-likeness (QED) is 0.889. The maximum atomic E-state index is 12.0. The molecule has 0 aliphatic heterocycles. The van der Waals surface area contributed by atoms with Crippen LogP contribution in [-0.4, -0.2) is 11.0 Å². The van der Waals surface area contributed by atoms with Crippen LogP contribution in [0.2, 0.25) is 0 Å². The third kappa shape index (κ3) is 4.18. The van der Waals surface area contributed by atoms with Crippen LogP contribution < -0.4 is 5.32 Å². The van der Waals surface area contributed by atoms with E-state index in [1.807, 2.05) is 24.3 Å². The topological polar surface area (TPSA) is 73.1 Å². The first-order valence-corrected chi connectivity index (χ1v) is 7.05. The van der Waals surface area contributed by atoms with Gasteiger partial charge in [-0.05, 0) is 30.2 Å².